The van der Waals surface area contributed by atoms with Crippen LogP contribution in [0, 0.1) is 23.7 Å². The van der Waals surface area contributed by atoms with Crippen LogP contribution in [-0.4, -0.2) is 11.6 Å². The third-order valence-electron chi connectivity index (χ3n) is 2.11. The molecule has 0 aliphatic rings. The molecule has 0 amide bonds. The predicted molar refractivity (Wildman–Crippen MR) is 82.0 cm³/mol. The average molecular weight is 296 g/mol. The number of Topliss-reactive ketones (excluding diaryl/α,β-unsaturated/α-hetero) is 2. The summed E-state index contributed by atoms with van der Waals surface area (Å²) in [6.45, 7) is 0. The highest BCUT2D eigenvalue weighted by Gasteiger charge is 2.01. The minimum atomic E-state index is -0.215. The van der Waals surface area contributed by atoms with E-state index in [9.17, 15) is 9.59 Å². The number of rotatable bonds is 2. The molecule has 0 saturated heterocycles. The second-order valence-electron chi connectivity index (χ2n) is 3.48. The van der Waals surface area contributed by atoms with Crippen molar-refractivity contribution in [3.8, 4) is 23.7 Å². The van der Waals surface area contributed by atoms with Crippen LogP contribution in [0.2, 0.25) is 0 Å². The second-order valence-corrected chi connectivity index (χ2v) is 5.38. The Labute approximate surface area is 124 Å². The molecule has 0 aliphatic heterocycles. The number of ketones is 2. The zero-order valence-electron chi connectivity index (χ0n) is 10.3. The zero-order valence-corrected chi connectivity index (χ0v) is 11.9. The van der Waals surface area contributed by atoms with E-state index in [0.29, 0.717) is 9.75 Å². The second kappa shape index (κ2) is 7.25. The minimum Gasteiger partial charge on any atom is -0.278 e. The largest absolute Gasteiger partial charge is 0.278 e. The van der Waals surface area contributed by atoms with E-state index in [0.717, 1.165) is 0 Å². The molecule has 96 valence electrons. The van der Waals surface area contributed by atoms with Crippen LogP contribution in [0.15, 0.2) is 47.2 Å². The van der Waals surface area contributed by atoms with E-state index in [4.69, 9.17) is 0 Å². The average Bonchev–Trinajstić information content (AvgIpc) is 3.14. The molecule has 2 aromatic rings. The van der Waals surface area contributed by atoms with Gasteiger partial charge in [0.1, 0.15) is 0 Å². The van der Waals surface area contributed by atoms with E-state index < -0.39 is 0 Å². The number of carbonyl (C=O) groups excluding carboxylic acids is 2. The first-order valence-electron chi connectivity index (χ1n) is 5.61. The Balaban J connectivity index is 1.90. The quantitative estimate of drug-likeness (QED) is 0.483. The molecule has 2 aromatic heterocycles. The van der Waals surface area contributed by atoms with Crippen LogP contribution in [0.1, 0.15) is 19.3 Å². The maximum absolute atomic E-state index is 11.5. The van der Waals surface area contributed by atoms with Gasteiger partial charge in [0.2, 0.25) is 11.6 Å². The van der Waals surface area contributed by atoms with Crippen LogP contribution >= 0.6 is 22.7 Å². The Kier molecular flexibility index (Phi) is 5.08. The molecule has 2 heterocycles. The van der Waals surface area contributed by atoms with Gasteiger partial charge in [0.05, 0.1) is 9.75 Å². The molecule has 0 aromatic carbocycles. The van der Waals surface area contributed by atoms with Gasteiger partial charge in [-0.3, -0.25) is 9.59 Å². The first kappa shape index (κ1) is 14.0. The van der Waals surface area contributed by atoms with Gasteiger partial charge in [-0.25, -0.2) is 0 Å². The molecule has 20 heavy (non-hydrogen) atoms. The number of thiophene rings is 2. The van der Waals surface area contributed by atoms with Crippen LogP contribution in [0.25, 0.3) is 0 Å². The van der Waals surface area contributed by atoms with Crippen molar-refractivity contribution in [3.05, 3.63) is 56.9 Å². The first-order valence-corrected chi connectivity index (χ1v) is 7.37. The van der Waals surface area contributed by atoms with Crippen LogP contribution in [0.5, 0.6) is 0 Å². The standard InChI is InChI=1S/C16H8O2S2/c17-13(15-9-5-11-19-15)7-3-1-2-4-8-14(18)16-10-6-12-20-16/h1-2,5-6,9-12H. The Morgan fingerprint density at radius 2 is 1.30 bits per heavy atom. The van der Waals surface area contributed by atoms with Gasteiger partial charge in [0, 0.05) is 0 Å². The van der Waals surface area contributed by atoms with Crippen molar-refractivity contribution in [1.82, 2.24) is 0 Å². The van der Waals surface area contributed by atoms with Crippen LogP contribution in [0.3, 0.4) is 0 Å². The van der Waals surface area contributed by atoms with Gasteiger partial charge in [0.15, 0.2) is 0 Å². The third-order valence-corrected chi connectivity index (χ3v) is 3.85. The molecule has 0 spiro atoms. The molecule has 2 nitrogen and oxygen atoms in total. The summed E-state index contributed by atoms with van der Waals surface area (Å²) in [6.07, 6.45) is 2.92. The highest BCUT2D eigenvalue weighted by atomic mass is 32.1. The Bertz CT molecular complexity index is 677. The molecule has 0 fully saturated rings. The van der Waals surface area contributed by atoms with Gasteiger partial charge in [-0.05, 0) is 46.9 Å². The van der Waals surface area contributed by atoms with Crippen molar-refractivity contribution < 1.29 is 9.59 Å². The van der Waals surface area contributed by atoms with Gasteiger partial charge >= 0.3 is 0 Å². The van der Waals surface area contributed by atoms with Crippen molar-refractivity contribution >= 4 is 34.2 Å². The molecule has 0 saturated carbocycles. The van der Waals surface area contributed by atoms with Crippen LogP contribution in [0.4, 0.5) is 0 Å². The lowest BCUT2D eigenvalue weighted by Crippen LogP contribution is -1.89. The summed E-state index contributed by atoms with van der Waals surface area (Å²) in [5.41, 5.74) is 0. The summed E-state index contributed by atoms with van der Waals surface area (Å²) in [5, 5.41) is 3.65. The van der Waals surface area contributed by atoms with Crippen molar-refractivity contribution in [2.75, 3.05) is 0 Å². The highest BCUT2D eigenvalue weighted by Crippen LogP contribution is 2.08. The van der Waals surface area contributed by atoms with E-state index in [2.05, 4.69) is 23.7 Å². The Hall–Kier alpha value is -2.40. The lowest BCUT2D eigenvalue weighted by molar-refractivity contribution is 0.105. The Morgan fingerprint density at radius 1 is 0.850 bits per heavy atom. The van der Waals surface area contributed by atoms with Crippen molar-refractivity contribution in [1.29, 1.82) is 0 Å². The lowest BCUT2D eigenvalue weighted by Gasteiger charge is -1.81. The van der Waals surface area contributed by atoms with E-state index in [1.165, 1.54) is 34.8 Å². The minimum absolute atomic E-state index is 0.215. The molecular weight excluding hydrogens is 288 g/mol. The summed E-state index contributed by atoms with van der Waals surface area (Å²) in [6, 6.07) is 7.06. The summed E-state index contributed by atoms with van der Waals surface area (Å²) < 4.78 is 0. The van der Waals surface area contributed by atoms with Crippen molar-refractivity contribution in [3.63, 3.8) is 0 Å². The van der Waals surface area contributed by atoms with Gasteiger partial charge in [-0.15, -0.1) is 22.7 Å². The molecule has 0 unspecified atom stereocenters. The van der Waals surface area contributed by atoms with E-state index in [1.807, 2.05) is 10.8 Å². The summed E-state index contributed by atoms with van der Waals surface area (Å²) in [7, 11) is 0. The number of hydrogen-bond acceptors (Lipinski definition) is 4. The summed E-state index contributed by atoms with van der Waals surface area (Å²) >= 11 is 2.71. The maximum Gasteiger partial charge on any atom is 0.246 e. The van der Waals surface area contributed by atoms with E-state index >= 15 is 0 Å². The predicted octanol–water partition coefficient (Wildman–Crippen LogP) is 3.44. The van der Waals surface area contributed by atoms with Crippen LogP contribution in [-0.2, 0) is 0 Å². The normalized spacial score (nSPS) is 9.40. The molecule has 0 bridgehead atoms. The number of allylic oxidation sites excluding steroid dienone is 2. The highest BCUT2D eigenvalue weighted by molar-refractivity contribution is 7.12. The first-order chi connectivity index (χ1) is 9.77. The van der Waals surface area contributed by atoms with E-state index in [1.54, 1.807) is 24.3 Å². The lowest BCUT2D eigenvalue weighted by atomic mass is 10.3. The monoisotopic (exact) mass is 296 g/mol. The molecular formula is C16H8O2S2. The molecule has 0 radical (unpaired) electrons. The smallest absolute Gasteiger partial charge is 0.246 e. The molecule has 2 rings (SSSR count). The van der Waals surface area contributed by atoms with Crippen LogP contribution < -0.4 is 0 Å². The fraction of sp³-hybridized carbons (Fsp3) is 0. The molecule has 0 atom stereocenters. The number of hydrogen-bond donors (Lipinski definition) is 0. The zero-order chi connectivity index (χ0) is 14.2. The van der Waals surface area contributed by atoms with Gasteiger partial charge in [-0.1, -0.05) is 24.0 Å². The van der Waals surface area contributed by atoms with Crippen molar-refractivity contribution in [2.24, 2.45) is 0 Å². The topological polar surface area (TPSA) is 34.1 Å². The third kappa shape index (κ3) is 4.07. The van der Waals surface area contributed by atoms with Gasteiger partial charge in [0.25, 0.3) is 0 Å². The fourth-order valence-electron chi connectivity index (χ4n) is 1.24. The summed E-state index contributed by atoms with van der Waals surface area (Å²) in [5.74, 6) is 9.73. The SMILES string of the molecule is O=C(C#CC=CC#CC(=O)c1cccs1)c1cccs1. The van der Waals surface area contributed by atoms with E-state index in [-0.39, 0.29) is 11.6 Å². The Morgan fingerprint density at radius 3 is 1.65 bits per heavy atom. The maximum atomic E-state index is 11.5. The van der Waals surface area contributed by atoms with Crippen molar-refractivity contribution in [2.45, 2.75) is 0 Å². The number of carbonyl (C=O) groups is 2. The fourth-order valence-corrected chi connectivity index (χ4v) is 2.47. The molecule has 4 heteroatoms. The molecule has 0 aliphatic carbocycles. The van der Waals surface area contributed by atoms with Gasteiger partial charge in [-0.2, -0.15) is 0 Å². The molecule has 0 N–H and O–H groups in total. The van der Waals surface area contributed by atoms with Gasteiger partial charge < -0.3 is 0 Å². The summed E-state index contributed by atoms with van der Waals surface area (Å²) in [4.78, 5) is 24.3.